The number of carbonyl (C=O) groups is 2. The van der Waals surface area contributed by atoms with Crippen molar-refractivity contribution >= 4 is 11.8 Å². The fraction of sp³-hybridized carbons (Fsp3) is 0.833. The molecule has 2 aliphatic heterocycles. The minimum Gasteiger partial charge on any atom is -0.379 e. The summed E-state index contributed by atoms with van der Waals surface area (Å²) in [4.78, 5) is 25.8. The molecule has 0 spiro atoms. The van der Waals surface area contributed by atoms with Crippen molar-refractivity contribution in [1.29, 1.82) is 0 Å². The van der Waals surface area contributed by atoms with E-state index in [0.29, 0.717) is 13.2 Å². The lowest BCUT2D eigenvalue weighted by Gasteiger charge is -2.46. The van der Waals surface area contributed by atoms with Crippen LogP contribution in [0.3, 0.4) is 0 Å². The number of piperazine rings is 1. The highest BCUT2D eigenvalue weighted by molar-refractivity contribution is 5.95. The fourth-order valence-electron chi connectivity index (χ4n) is 2.71. The third kappa shape index (κ3) is 2.04. The zero-order valence-corrected chi connectivity index (χ0v) is 10.7. The molecular weight excluding hydrogens is 220 g/mol. The quantitative estimate of drug-likeness (QED) is 0.747. The lowest BCUT2D eigenvalue weighted by atomic mass is 9.90. The van der Waals surface area contributed by atoms with Gasteiger partial charge in [-0.05, 0) is 19.3 Å². The normalized spacial score (nSPS) is 34.4. The summed E-state index contributed by atoms with van der Waals surface area (Å²) in [5.74, 6) is 0.0562. The Morgan fingerprint density at radius 2 is 2.18 bits per heavy atom. The van der Waals surface area contributed by atoms with Gasteiger partial charge in [-0.15, -0.1) is 0 Å². The Bertz CT molecular complexity index is 335. The van der Waals surface area contributed by atoms with E-state index in [1.54, 1.807) is 4.90 Å². The van der Waals surface area contributed by atoms with Crippen LogP contribution in [0.15, 0.2) is 0 Å². The standard InChI is InChI=1S/C12H20N2O3/c1-8(2)10-11(16)13-6-9(15)14(10)12(3)4-5-17-7-12/h8,10H,4-7H2,1-3H3,(H,13,16). The monoisotopic (exact) mass is 240 g/mol. The molecule has 0 radical (unpaired) electrons. The van der Waals surface area contributed by atoms with E-state index in [2.05, 4.69) is 5.32 Å². The molecule has 1 N–H and O–H groups in total. The van der Waals surface area contributed by atoms with Crippen LogP contribution in [-0.2, 0) is 14.3 Å². The highest BCUT2D eigenvalue weighted by Gasteiger charge is 2.47. The van der Waals surface area contributed by atoms with Crippen LogP contribution in [0.1, 0.15) is 27.2 Å². The molecule has 2 unspecified atom stereocenters. The van der Waals surface area contributed by atoms with Crippen LogP contribution >= 0.6 is 0 Å². The Labute approximate surface area is 101 Å². The smallest absolute Gasteiger partial charge is 0.243 e. The maximum Gasteiger partial charge on any atom is 0.243 e. The van der Waals surface area contributed by atoms with Crippen molar-refractivity contribution in [3.05, 3.63) is 0 Å². The molecule has 0 saturated carbocycles. The molecule has 2 saturated heterocycles. The zero-order chi connectivity index (χ0) is 12.6. The summed E-state index contributed by atoms with van der Waals surface area (Å²) in [6.07, 6.45) is 0.801. The van der Waals surface area contributed by atoms with Gasteiger partial charge in [-0.3, -0.25) is 9.59 Å². The van der Waals surface area contributed by atoms with E-state index in [4.69, 9.17) is 4.74 Å². The van der Waals surface area contributed by atoms with Gasteiger partial charge in [0.05, 0.1) is 18.7 Å². The van der Waals surface area contributed by atoms with Crippen LogP contribution in [-0.4, -0.2) is 48.1 Å². The minimum atomic E-state index is -0.372. The SMILES string of the molecule is CC(C)C1C(=O)NCC(=O)N1C1(C)CCOC1. The van der Waals surface area contributed by atoms with Crippen molar-refractivity contribution in [2.75, 3.05) is 19.8 Å². The second kappa shape index (κ2) is 4.29. The Hall–Kier alpha value is -1.10. The van der Waals surface area contributed by atoms with Crippen molar-refractivity contribution in [3.8, 4) is 0 Å². The third-order valence-electron chi connectivity index (χ3n) is 3.64. The maximum absolute atomic E-state index is 12.1. The van der Waals surface area contributed by atoms with Gasteiger partial charge in [0.1, 0.15) is 6.04 Å². The summed E-state index contributed by atoms with van der Waals surface area (Å²) in [5.41, 5.74) is -0.330. The van der Waals surface area contributed by atoms with E-state index in [-0.39, 0.29) is 35.9 Å². The summed E-state index contributed by atoms with van der Waals surface area (Å²) in [5, 5.41) is 2.66. The lowest BCUT2D eigenvalue weighted by molar-refractivity contribution is -0.154. The van der Waals surface area contributed by atoms with Crippen LogP contribution in [0.4, 0.5) is 0 Å². The van der Waals surface area contributed by atoms with Crippen LogP contribution < -0.4 is 5.32 Å². The van der Waals surface area contributed by atoms with E-state index < -0.39 is 0 Å². The van der Waals surface area contributed by atoms with Crippen LogP contribution in [0.2, 0.25) is 0 Å². The van der Waals surface area contributed by atoms with Gasteiger partial charge in [-0.25, -0.2) is 0 Å². The lowest BCUT2D eigenvalue weighted by Crippen LogP contribution is -2.67. The van der Waals surface area contributed by atoms with Crippen molar-refractivity contribution in [2.45, 2.75) is 38.8 Å². The second-order valence-electron chi connectivity index (χ2n) is 5.47. The Morgan fingerprint density at radius 1 is 1.47 bits per heavy atom. The van der Waals surface area contributed by atoms with Gasteiger partial charge >= 0.3 is 0 Å². The van der Waals surface area contributed by atoms with Crippen LogP contribution in [0.5, 0.6) is 0 Å². The number of hydrogen-bond donors (Lipinski definition) is 1. The van der Waals surface area contributed by atoms with Crippen molar-refractivity contribution in [2.24, 2.45) is 5.92 Å². The fourth-order valence-corrected chi connectivity index (χ4v) is 2.71. The Kier molecular flexibility index (Phi) is 3.12. The number of rotatable bonds is 2. The van der Waals surface area contributed by atoms with Gasteiger partial charge in [0.2, 0.25) is 11.8 Å². The van der Waals surface area contributed by atoms with Gasteiger partial charge in [0.15, 0.2) is 0 Å². The molecule has 2 heterocycles. The molecule has 96 valence electrons. The van der Waals surface area contributed by atoms with Gasteiger partial charge in [0.25, 0.3) is 0 Å². The number of hydrogen-bond acceptors (Lipinski definition) is 3. The summed E-state index contributed by atoms with van der Waals surface area (Å²) in [7, 11) is 0. The highest BCUT2D eigenvalue weighted by atomic mass is 16.5. The molecule has 17 heavy (non-hydrogen) atoms. The molecule has 0 aromatic rings. The van der Waals surface area contributed by atoms with Crippen molar-refractivity contribution in [3.63, 3.8) is 0 Å². The molecule has 2 atom stereocenters. The maximum atomic E-state index is 12.1. The van der Waals surface area contributed by atoms with E-state index in [1.807, 2.05) is 20.8 Å². The van der Waals surface area contributed by atoms with Gasteiger partial charge in [0, 0.05) is 6.61 Å². The number of nitrogens with one attached hydrogen (secondary N) is 1. The first-order valence-corrected chi connectivity index (χ1v) is 6.13. The minimum absolute atomic E-state index is 0.00343. The number of ether oxygens (including phenoxy) is 1. The summed E-state index contributed by atoms with van der Waals surface area (Å²) < 4.78 is 5.40. The summed E-state index contributed by atoms with van der Waals surface area (Å²) in [6.45, 7) is 7.23. The topological polar surface area (TPSA) is 58.6 Å². The van der Waals surface area contributed by atoms with E-state index in [1.165, 1.54) is 0 Å². The van der Waals surface area contributed by atoms with Gasteiger partial charge in [-0.2, -0.15) is 0 Å². The largest absolute Gasteiger partial charge is 0.379 e. The average Bonchev–Trinajstić information content (AvgIpc) is 2.68. The molecule has 0 aliphatic carbocycles. The first-order chi connectivity index (χ1) is 7.96. The molecule has 5 heteroatoms. The molecule has 2 rings (SSSR count). The highest BCUT2D eigenvalue weighted by Crippen LogP contribution is 2.31. The Morgan fingerprint density at radius 3 is 2.71 bits per heavy atom. The molecule has 2 fully saturated rings. The van der Waals surface area contributed by atoms with E-state index in [0.717, 1.165) is 6.42 Å². The molecule has 0 bridgehead atoms. The second-order valence-corrected chi connectivity index (χ2v) is 5.47. The van der Waals surface area contributed by atoms with Crippen molar-refractivity contribution in [1.82, 2.24) is 10.2 Å². The van der Waals surface area contributed by atoms with E-state index >= 15 is 0 Å². The third-order valence-corrected chi connectivity index (χ3v) is 3.64. The van der Waals surface area contributed by atoms with E-state index in [9.17, 15) is 9.59 Å². The molecular formula is C12H20N2O3. The zero-order valence-electron chi connectivity index (χ0n) is 10.7. The number of nitrogens with zero attached hydrogens (tertiary/aromatic N) is 1. The van der Waals surface area contributed by atoms with Crippen molar-refractivity contribution < 1.29 is 14.3 Å². The first kappa shape index (κ1) is 12.4. The van der Waals surface area contributed by atoms with Crippen LogP contribution in [0.25, 0.3) is 0 Å². The molecule has 5 nitrogen and oxygen atoms in total. The van der Waals surface area contributed by atoms with Crippen LogP contribution in [0, 0.1) is 5.92 Å². The molecule has 2 aliphatic rings. The molecule has 0 aromatic heterocycles. The predicted octanol–water partition coefficient (Wildman–Crippen LogP) is 0.148. The molecule has 0 aromatic carbocycles. The molecule has 2 amide bonds. The number of amides is 2. The van der Waals surface area contributed by atoms with Gasteiger partial charge < -0.3 is 15.0 Å². The predicted molar refractivity (Wildman–Crippen MR) is 62.3 cm³/mol. The first-order valence-electron chi connectivity index (χ1n) is 6.13. The summed E-state index contributed by atoms with van der Waals surface area (Å²) in [6, 6.07) is -0.372. The number of carbonyl (C=O) groups excluding carboxylic acids is 2. The summed E-state index contributed by atoms with van der Waals surface area (Å²) >= 11 is 0. The van der Waals surface area contributed by atoms with Gasteiger partial charge in [-0.1, -0.05) is 13.8 Å². The Balaban J connectivity index is 2.31. The average molecular weight is 240 g/mol.